The summed E-state index contributed by atoms with van der Waals surface area (Å²) in [7, 11) is -3.78. The quantitative estimate of drug-likeness (QED) is 0.784. The summed E-state index contributed by atoms with van der Waals surface area (Å²) < 4.78 is 31.7. The summed E-state index contributed by atoms with van der Waals surface area (Å²) >= 11 is 0. The number of nitrogens with zero attached hydrogens (tertiary/aromatic N) is 2. The van der Waals surface area contributed by atoms with E-state index in [2.05, 4.69) is 0 Å². The van der Waals surface area contributed by atoms with Gasteiger partial charge in [-0.2, -0.15) is 9.57 Å². The Kier molecular flexibility index (Phi) is 5.16. The van der Waals surface area contributed by atoms with Crippen LogP contribution in [0.3, 0.4) is 0 Å². The third-order valence-corrected chi connectivity index (χ3v) is 5.55. The Bertz CT molecular complexity index is 694. The van der Waals surface area contributed by atoms with Gasteiger partial charge in [-0.3, -0.25) is 4.79 Å². The first-order valence-corrected chi connectivity index (χ1v) is 8.60. The van der Waals surface area contributed by atoms with Crippen LogP contribution >= 0.6 is 0 Å². The number of nitriles is 1. The summed E-state index contributed by atoms with van der Waals surface area (Å²) in [4.78, 5) is 11.8. The molecule has 1 aromatic carbocycles. The van der Waals surface area contributed by atoms with E-state index in [1.54, 1.807) is 19.1 Å². The minimum atomic E-state index is -3.78. The predicted molar refractivity (Wildman–Crippen MR) is 79.3 cm³/mol. The van der Waals surface area contributed by atoms with Crippen molar-refractivity contribution >= 4 is 16.0 Å². The second-order valence-corrected chi connectivity index (χ2v) is 6.97. The van der Waals surface area contributed by atoms with Crippen LogP contribution in [0.1, 0.15) is 25.3 Å². The molecule has 0 saturated carbocycles. The van der Waals surface area contributed by atoms with Crippen LogP contribution in [0.5, 0.6) is 0 Å². The second kappa shape index (κ2) is 6.90. The van der Waals surface area contributed by atoms with Crippen molar-refractivity contribution in [1.82, 2.24) is 4.31 Å². The zero-order chi connectivity index (χ0) is 16.2. The first-order chi connectivity index (χ1) is 10.5. The van der Waals surface area contributed by atoms with Crippen molar-refractivity contribution in [2.45, 2.75) is 24.7 Å². The lowest BCUT2D eigenvalue weighted by Crippen LogP contribution is -2.42. The number of carbonyl (C=O) groups is 1. The van der Waals surface area contributed by atoms with E-state index in [-0.39, 0.29) is 29.6 Å². The van der Waals surface area contributed by atoms with Gasteiger partial charge in [-0.05, 0) is 31.9 Å². The highest BCUT2D eigenvalue weighted by Crippen LogP contribution is 2.26. The van der Waals surface area contributed by atoms with Crippen molar-refractivity contribution in [2.75, 3.05) is 19.7 Å². The normalized spacial score (nSPS) is 19.4. The molecule has 1 fully saturated rings. The van der Waals surface area contributed by atoms with Gasteiger partial charge in [0.05, 0.1) is 23.0 Å². The van der Waals surface area contributed by atoms with Crippen LogP contribution < -0.4 is 0 Å². The molecule has 0 unspecified atom stereocenters. The highest BCUT2D eigenvalue weighted by Gasteiger charge is 2.34. The van der Waals surface area contributed by atoms with E-state index in [0.29, 0.717) is 19.4 Å². The van der Waals surface area contributed by atoms with Crippen molar-refractivity contribution in [1.29, 1.82) is 5.26 Å². The van der Waals surface area contributed by atoms with Crippen molar-refractivity contribution < 1.29 is 17.9 Å². The molecule has 0 aromatic heterocycles. The number of benzene rings is 1. The lowest BCUT2D eigenvalue weighted by molar-refractivity contribution is -0.149. The standard InChI is InChI=1S/C15H18N2O4S/c1-2-21-15(18)13-7-5-9-17(11-13)22(19,20)14-8-4-3-6-12(14)10-16/h3-4,6,8,13H,2,5,7,9,11H2,1H3/t13-/m0/s1. The van der Waals surface area contributed by atoms with Gasteiger partial charge in [0.1, 0.15) is 6.07 Å². The summed E-state index contributed by atoms with van der Waals surface area (Å²) in [6, 6.07) is 7.99. The molecule has 0 N–H and O–H groups in total. The number of rotatable bonds is 4. The van der Waals surface area contributed by atoms with Gasteiger partial charge in [0.15, 0.2) is 0 Å². The Morgan fingerprint density at radius 3 is 2.86 bits per heavy atom. The van der Waals surface area contributed by atoms with E-state index >= 15 is 0 Å². The molecular weight excluding hydrogens is 304 g/mol. The van der Waals surface area contributed by atoms with Gasteiger partial charge >= 0.3 is 5.97 Å². The van der Waals surface area contributed by atoms with Gasteiger partial charge in [-0.1, -0.05) is 12.1 Å². The number of hydrogen-bond donors (Lipinski definition) is 0. The van der Waals surface area contributed by atoms with Crippen molar-refractivity contribution in [3.8, 4) is 6.07 Å². The first kappa shape index (κ1) is 16.5. The maximum Gasteiger partial charge on any atom is 0.310 e. The summed E-state index contributed by atoms with van der Waals surface area (Å²) in [6.07, 6.45) is 1.21. The van der Waals surface area contributed by atoms with E-state index in [4.69, 9.17) is 10.00 Å². The number of carbonyl (C=O) groups excluding carboxylic acids is 1. The molecule has 1 aliphatic rings. The number of esters is 1. The lowest BCUT2D eigenvalue weighted by atomic mass is 10.0. The fourth-order valence-electron chi connectivity index (χ4n) is 2.54. The Morgan fingerprint density at radius 2 is 2.18 bits per heavy atom. The zero-order valence-corrected chi connectivity index (χ0v) is 13.2. The molecule has 7 heteroatoms. The van der Waals surface area contributed by atoms with Crippen LogP contribution in [-0.4, -0.2) is 38.4 Å². The smallest absolute Gasteiger partial charge is 0.310 e. The largest absolute Gasteiger partial charge is 0.466 e. The minimum Gasteiger partial charge on any atom is -0.466 e. The molecule has 6 nitrogen and oxygen atoms in total. The first-order valence-electron chi connectivity index (χ1n) is 7.16. The monoisotopic (exact) mass is 322 g/mol. The number of hydrogen-bond acceptors (Lipinski definition) is 5. The number of sulfonamides is 1. The molecule has 0 spiro atoms. The Morgan fingerprint density at radius 1 is 1.45 bits per heavy atom. The third kappa shape index (κ3) is 3.29. The molecule has 0 aliphatic carbocycles. The number of piperidine rings is 1. The maximum atomic E-state index is 12.7. The molecule has 0 bridgehead atoms. The topological polar surface area (TPSA) is 87.5 Å². The fraction of sp³-hybridized carbons (Fsp3) is 0.467. The lowest BCUT2D eigenvalue weighted by Gasteiger charge is -2.30. The summed E-state index contributed by atoms with van der Waals surface area (Å²) in [6.45, 7) is 2.44. The Balaban J connectivity index is 2.26. The molecule has 0 amide bonds. The van der Waals surface area contributed by atoms with Crippen LogP contribution in [0.25, 0.3) is 0 Å². The van der Waals surface area contributed by atoms with E-state index in [1.807, 2.05) is 6.07 Å². The molecule has 22 heavy (non-hydrogen) atoms. The molecule has 1 aliphatic heterocycles. The highest BCUT2D eigenvalue weighted by atomic mass is 32.2. The van der Waals surface area contributed by atoms with Crippen molar-refractivity contribution in [2.24, 2.45) is 5.92 Å². The van der Waals surface area contributed by atoms with Crippen molar-refractivity contribution in [3.05, 3.63) is 29.8 Å². The number of ether oxygens (including phenoxy) is 1. The maximum absolute atomic E-state index is 12.7. The Hall–Kier alpha value is -1.91. The third-order valence-electron chi connectivity index (χ3n) is 3.63. The van der Waals surface area contributed by atoms with Crippen LogP contribution in [-0.2, 0) is 19.6 Å². The van der Waals surface area contributed by atoms with Gasteiger partial charge in [0, 0.05) is 13.1 Å². The Labute approximate surface area is 130 Å². The van der Waals surface area contributed by atoms with Gasteiger partial charge in [-0.25, -0.2) is 8.42 Å². The van der Waals surface area contributed by atoms with Crippen LogP contribution in [0, 0.1) is 17.2 Å². The molecule has 1 aromatic rings. The minimum absolute atomic E-state index is 0.0120. The second-order valence-electron chi connectivity index (χ2n) is 5.06. The van der Waals surface area contributed by atoms with Crippen LogP contribution in [0.2, 0.25) is 0 Å². The van der Waals surface area contributed by atoms with Crippen molar-refractivity contribution in [3.63, 3.8) is 0 Å². The predicted octanol–water partition coefficient (Wildman–Crippen LogP) is 1.52. The fourth-order valence-corrected chi connectivity index (χ4v) is 4.20. The molecule has 2 rings (SSSR count). The van der Waals surface area contributed by atoms with Gasteiger partial charge < -0.3 is 4.74 Å². The average molecular weight is 322 g/mol. The van der Waals surface area contributed by atoms with E-state index in [9.17, 15) is 13.2 Å². The molecule has 0 radical (unpaired) electrons. The molecule has 1 atom stereocenters. The molecule has 1 saturated heterocycles. The average Bonchev–Trinajstić information content (AvgIpc) is 2.55. The highest BCUT2D eigenvalue weighted by molar-refractivity contribution is 7.89. The zero-order valence-electron chi connectivity index (χ0n) is 12.4. The van der Waals surface area contributed by atoms with Gasteiger partial charge in [0.2, 0.25) is 10.0 Å². The van der Waals surface area contributed by atoms with Crippen LogP contribution in [0.4, 0.5) is 0 Å². The summed E-state index contributed by atoms with van der Waals surface area (Å²) in [5, 5.41) is 9.08. The SMILES string of the molecule is CCOC(=O)[C@H]1CCCN(S(=O)(=O)c2ccccc2C#N)C1. The van der Waals surface area contributed by atoms with Gasteiger partial charge in [0.25, 0.3) is 0 Å². The van der Waals surface area contributed by atoms with Gasteiger partial charge in [-0.15, -0.1) is 0 Å². The molecule has 1 heterocycles. The summed E-state index contributed by atoms with van der Waals surface area (Å²) in [5.74, 6) is -0.811. The van der Waals surface area contributed by atoms with E-state index in [1.165, 1.54) is 16.4 Å². The molecule has 118 valence electrons. The summed E-state index contributed by atoms with van der Waals surface area (Å²) in [5.41, 5.74) is 0.112. The van der Waals surface area contributed by atoms with Crippen LogP contribution in [0.15, 0.2) is 29.2 Å². The molecular formula is C15H18N2O4S. The van der Waals surface area contributed by atoms with E-state index in [0.717, 1.165) is 0 Å². The van der Waals surface area contributed by atoms with E-state index < -0.39 is 15.9 Å².